The molecule has 0 spiro atoms. The van der Waals surface area contributed by atoms with E-state index in [0.717, 1.165) is 25.7 Å². The predicted octanol–water partition coefficient (Wildman–Crippen LogP) is 4.12. The van der Waals surface area contributed by atoms with Crippen molar-refractivity contribution in [1.82, 2.24) is 0 Å². The Balaban J connectivity index is 0.000001000. The van der Waals surface area contributed by atoms with Crippen molar-refractivity contribution in [3.05, 3.63) is 21.1 Å². The molecular formula is C8H10Br2Ru. The summed E-state index contributed by atoms with van der Waals surface area (Å²) in [5.74, 6) is 0. The molecule has 0 unspecified atom stereocenters. The summed E-state index contributed by atoms with van der Waals surface area (Å²) in [6.45, 7) is 0. The molecular weight excluding hydrogens is 357 g/mol. The van der Waals surface area contributed by atoms with Gasteiger partial charge in [0.1, 0.15) is 0 Å². The molecule has 0 aromatic heterocycles. The van der Waals surface area contributed by atoms with E-state index >= 15 is 0 Å². The maximum Gasteiger partial charge on any atom is 0.00550 e. The number of rotatable bonds is 0. The molecule has 0 saturated carbocycles. The molecule has 0 N–H and O–H groups in total. The van der Waals surface area contributed by atoms with Gasteiger partial charge in [0.15, 0.2) is 0 Å². The summed E-state index contributed by atoms with van der Waals surface area (Å²) in [5, 5.41) is 0. The van der Waals surface area contributed by atoms with Gasteiger partial charge >= 0.3 is 0 Å². The van der Waals surface area contributed by atoms with Gasteiger partial charge in [-0.1, -0.05) is 44.0 Å². The van der Waals surface area contributed by atoms with Crippen LogP contribution in [0.2, 0.25) is 0 Å². The summed E-state index contributed by atoms with van der Waals surface area (Å²) < 4.78 is 2.66. The van der Waals surface area contributed by atoms with Gasteiger partial charge in [-0.25, -0.2) is 0 Å². The van der Waals surface area contributed by atoms with E-state index in [1.807, 2.05) is 0 Å². The van der Waals surface area contributed by atoms with E-state index in [-0.39, 0.29) is 19.5 Å². The van der Waals surface area contributed by atoms with Crippen LogP contribution < -0.4 is 0 Å². The first-order valence-electron chi connectivity index (χ1n) is 3.48. The third-order valence-electron chi connectivity index (χ3n) is 1.52. The minimum Gasteiger partial charge on any atom is -0.0882 e. The van der Waals surface area contributed by atoms with E-state index in [2.05, 4.69) is 44.0 Å². The summed E-state index contributed by atoms with van der Waals surface area (Å²) in [6.07, 6.45) is 9.10. The first kappa shape index (κ1) is 12.1. The van der Waals surface area contributed by atoms with Crippen molar-refractivity contribution in [2.75, 3.05) is 0 Å². The third kappa shape index (κ3) is 4.60. The predicted molar refractivity (Wildman–Crippen MR) is 52.5 cm³/mol. The summed E-state index contributed by atoms with van der Waals surface area (Å²) in [4.78, 5) is 0. The first-order valence-corrected chi connectivity index (χ1v) is 5.07. The molecule has 0 heterocycles. The van der Waals surface area contributed by atoms with Crippen LogP contribution in [0.3, 0.4) is 0 Å². The Kier molecular flexibility index (Phi) is 7.20. The molecule has 0 aliphatic heterocycles. The van der Waals surface area contributed by atoms with Gasteiger partial charge in [-0.15, -0.1) is 0 Å². The fourth-order valence-electron chi connectivity index (χ4n) is 0.927. The SMILES string of the molecule is BrC1=C(Br)CCC=CCC1.[Ru]. The largest absolute Gasteiger partial charge is 0.0882 e. The molecule has 3 heteroatoms. The Hall–Kier alpha value is 1.06. The maximum absolute atomic E-state index is 3.54. The Bertz CT molecular complexity index is 155. The van der Waals surface area contributed by atoms with Crippen molar-refractivity contribution in [3.8, 4) is 0 Å². The molecule has 1 aliphatic rings. The Labute approximate surface area is 97.5 Å². The Morgan fingerprint density at radius 1 is 0.909 bits per heavy atom. The van der Waals surface area contributed by atoms with Crippen molar-refractivity contribution < 1.29 is 19.5 Å². The fraction of sp³-hybridized carbons (Fsp3) is 0.500. The molecule has 0 fully saturated rings. The van der Waals surface area contributed by atoms with Crippen molar-refractivity contribution in [2.45, 2.75) is 25.7 Å². The topological polar surface area (TPSA) is 0 Å². The molecule has 0 aromatic carbocycles. The van der Waals surface area contributed by atoms with Gasteiger partial charge in [0, 0.05) is 28.4 Å². The normalized spacial score (nSPS) is 18.7. The number of allylic oxidation sites excluding steroid dienone is 4. The van der Waals surface area contributed by atoms with Crippen LogP contribution in [-0.4, -0.2) is 0 Å². The van der Waals surface area contributed by atoms with Crippen LogP contribution in [0.5, 0.6) is 0 Å². The van der Waals surface area contributed by atoms with Crippen molar-refractivity contribution >= 4 is 31.9 Å². The first-order chi connectivity index (χ1) is 4.80. The second-order valence-electron chi connectivity index (χ2n) is 2.36. The zero-order chi connectivity index (χ0) is 7.40. The molecule has 64 valence electrons. The van der Waals surface area contributed by atoms with Crippen LogP contribution in [0.25, 0.3) is 0 Å². The summed E-state index contributed by atoms with van der Waals surface area (Å²) in [5.41, 5.74) is 0. The summed E-state index contributed by atoms with van der Waals surface area (Å²) >= 11 is 7.07. The maximum atomic E-state index is 3.54. The average molecular weight is 367 g/mol. The van der Waals surface area contributed by atoms with E-state index in [1.165, 1.54) is 8.96 Å². The van der Waals surface area contributed by atoms with Gasteiger partial charge in [0.2, 0.25) is 0 Å². The molecule has 0 saturated heterocycles. The fourth-order valence-corrected chi connectivity index (χ4v) is 1.78. The Morgan fingerprint density at radius 2 is 1.27 bits per heavy atom. The van der Waals surface area contributed by atoms with E-state index in [9.17, 15) is 0 Å². The smallest absolute Gasteiger partial charge is 0.00550 e. The molecule has 11 heavy (non-hydrogen) atoms. The van der Waals surface area contributed by atoms with Gasteiger partial charge in [0.25, 0.3) is 0 Å². The summed E-state index contributed by atoms with van der Waals surface area (Å²) in [7, 11) is 0. The third-order valence-corrected chi connectivity index (χ3v) is 3.80. The van der Waals surface area contributed by atoms with Crippen LogP contribution in [-0.2, 0) is 19.5 Å². The number of halogens is 2. The number of hydrogen-bond donors (Lipinski definition) is 0. The zero-order valence-corrected chi connectivity index (χ0v) is 11.0. The van der Waals surface area contributed by atoms with E-state index in [0.29, 0.717) is 0 Å². The van der Waals surface area contributed by atoms with Gasteiger partial charge in [-0.3, -0.25) is 0 Å². The molecule has 1 rings (SSSR count). The Morgan fingerprint density at radius 3 is 1.64 bits per heavy atom. The minimum absolute atomic E-state index is 0. The monoisotopic (exact) mass is 366 g/mol. The second-order valence-corrected chi connectivity index (χ2v) is 4.27. The van der Waals surface area contributed by atoms with Crippen LogP contribution in [0.15, 0.2) is 21.1 Å². The van der Waals surface area contributed by atoms with Crippen LogP contribution in [0.1, 0.15) is 25.7 Å². The molecule has 0 radical (unpaired) electrons. The minimum atomic E-state index is 0. The van der Waals surface area contributed by atoms with Gasteiger partial charge in [0.05, 0.1) is 0 Å². The quantitative estimate of drug-likeness (QED) is 0.447. The van der Waals surface area contributed by atoms with Crippen LogP contribution in [0, 0.1) is 0 Å². The van der Waals surface area contributed by atoms with E-state index < -0.39 is 0 Å². The average Bonchev–Trinajstić information content (AvgIpc) is 1.92. The molecule has 0 atom stereocenters. The molecule has 0 bridgehead atoms. The van der Waals surface area contributed by atoms with Crippen molar-refractivity contribution in [2.24, 2.45) is 0 Å². The molecule has 0 nitrogen and oxygen atoms in total. The van der Waals surface area contributed by atoms with Gasteiger partial charge < -0.3 is 0 Å². The van der Waals surface area contributed by atoms with E-state index in [1.54, 1.807) is 0 Å². The molecule has 0 amide bonds. The van der Waals surface area contributed by atoms with Crippen molar-refractivity contribution in [3.63, 3.8) is 0 Å². The standard InChI is InChI=1S/C8H10Br2.Ru/c9-7-5-3-1-2-4-6-8(7)10;/h1-2H,3-6H2;. The number of hydrogen-bond acceptors (Lipinski definition) is 0. The molecule has 0 aromatic rings. The van der Waals surface area contributed by atoms with Crippen LogP contribution in [0.4, 0.5) is 0 Å². The van der Waals surface area contributed by atoms with Crippen LogP contribution >= 0.6 is 31.9 Å². The van der Waals surface area contributed by atoms with E-state index in [4.69, 9.17) is 0 Å². The van der Waals surface area contributed by atoms with Gasteiger partial charge in [-0.05, 0) is 25.7 Å². The van der Waals surface area contributed by atoms with Gasteiger partial charge in [-0.2, -0.15) is 0 Å². The second kappa shape index (κ2) is 6.57. The zero-order valence-electron chi connectivity index (χ0n) is 6.09. The summed E-state index contributed by atoms with van der Waals surface area (Å²) in [6, 6.07) is 0. The van der Waals surface area contributed by atoms with Crippen molar-refractivity contribution in [1.29, 1.82) is 0 Å². The molecule has 1 aliphatic carbocycles.